The molecule has 0 aromatic heterocycles. The van der Waals surface area contributed by atoms with Crippen LogP contribution < -0.4 is 0 Å². The van der Waals surface area contributed by atoms with Gasteiger partial charge in [0, 0.05) is 26.4 Å². The van der Waals surface area contributed by atoms with Crippen LogP contribution in [0.2, 0.25) is 0 Å². The van der Waals surface area contributed by atoms with E-state index in [0.29, 0.717) is 0 Å². The summed E-state index contributed by atoms with van der Waals surface area (Å²) in [4.78, 5) is 0. The second-order valence-corrected chi connectivity index (χ2v) is 9.35. The van der Waals surface area contributed by atoms with E-state index in [9.17, 15) is 0 Å². The fraction of sp³-hybridized carbons (Fsp3) is 1.00. The van der Waals surface area contributed by atoms with Gasteiger partial charge < -0.3 is 18.9 Å². The molecular formula is C27H60O4. The fourth-order valence-electron chi connectivity index (χ4n) is 2.18. The first-order valence-electron chi connectivity index (χ1n) is 13.1. The van der Waals surface area contributed by atoms with Crippen LogP contribution in [0.3, 0.4) is 0 Å². The first kappa shape index (κ1) is 35.4. The predicted octanol–water partition coefficient (Wildman–Crippen LogP) is 7.78. The Morgan fingerprint density at radius 1 is 0.387 bits per heavy atom. The third-order valence-electron chi connectivity index (χ3n) is 4.26. The molecule has 0 saturated carbocycles. The van der Waals surface area contributed by atoms with Crippen LogP contribution >= 0.6 is 0 Å². The van der Waals surface area contributed by atoms with E-state index >= 15 is 0 Å². The minimum atomic E-state index is 0.738. The molecule has 0 amide bonds. The van der Waals surface area contributed by atoms with E-state index in [-0.39, 0.29) is 0 Å². The zero-order chi connectivity index (χ0) is 24.2. The Hall–Kier alpha value is -0.160. The number of hydrogen-bond donors (Lipinski definition) is 0. The predicted molar refractivity (Wildman–Crippen MR) is 137 cm³/mol. The van der Waals surface area contributed by atoms with Crippen molar-refractivity contribution in [1.29, 1.82) is 0 Å². The van der Waals surface area contributed by atoms with Crippen LogP contribution in [0.25, 0.3) is 0 Å². The molecule has 0 aliphatic carbocycles. The topological polar surface area (TPSA) is 36.9 Å². The van der Waals surface area contributed by atoms with Crippen molar-refractivity contribution in [1.82, 2.24) is 0 Å². The fourth-order valence-corrected chi connectivity index (χ4v) is 2.18. The quantitative estimate of drug-likeness (QED) is 0.189. The maximum Gasteiger partial charge on any atom is 0.0700 e. The highest BCUT2D eigenvalue weighted by Crippen LogP contribution is 2.04. The van der Waals surface area contributed by atoms with Gasteiger partial charge in [0.15, 0.2) is 0 Å². The van der Waals surface area contributed by atoms with Gasteiger partial charge in [0.1, 0.15) is 0 Å². The van der Waals surface area contributed by atoms with E-state index in [1.165, 1.54) is 19.3 Å². The molecule has 0 atom stereocenters. The molecule has 31 heavy (non-hydrogen) atoms. The lowest BCUT2D eigenvalue weighted by molar-refractivity contribution is 0.0442. The average molecular weight is 449 g/mol. The van der Waals surface area contributed by atoms with E-state index < -0.39 is 0 Å². The van der Waals surface area contributed by atoms with Crippen LogP contribution in [0.15, 0.2) is 0 Å². The van der Waals surface area contributed by atoms with Gasteiger partial charge in [-0.1, -0.05) is 81.6 Å². The SMILES string of the molecule is CCCCC(C)C.CCCOCCOCCC(C)C.CCCOCCOCCC(C)C. The zero-order valence-corrected chi connectivity index (χ0v) is 23.0. The van der Waals surface area contributed by atoms with Gasteiger partial charge >= 0.3 is 0 Å². The van der Waals surface area contributed by atoms with Gasteiger partial charge in [0.25, 0.3) is 0 Å². The molecule has 0 aromatic rings. The number of rotatable bonds is 19. The minimum Gasteiger partial charge on any atom is -0.379 e. The Bertz CT molecular complexity index is 258. The highest BCUT2D eigenvalue weighted by atomic mass is 16.5. The van der Waals surface area contributed by atoms with Crippen molar-refractivity contribution >= 4 is 0 Å². The standard InChI is InChI=1S/2C10H22O2.C7H16/c2*1-4-6-11-8-9-12-7-5-10(2)3;1-4-5-6-7(2)3/h2*10H,4-9H2,1-3H3;7H,4-6H2,1-3H3. The van der Waals surface area contributed by atoms with E-state index in [1.807, 2.05) is 0 Å². The van der Waals surface area contributed by atoms with E-state index in [1.54, 1.807) is 0 Å². The van der Waals surface area contributed by atoms with Gasteiger partial charge in [0.2, 0.25) is 0 Å². The maximum absolute atomic E-state index is 5.37. The average Bonchev–Trinajstić information content (AvgIpc) is 2.71. The van der Waals surface area contributed by atoms with Crippen molar-refractivity contribution in [3.8, 4) is 0 Å². The second-order valence-electron chi connectivity index (χ2n) is 9.35. The smallest absolute Gasteiger partial charge is 0.0700 e. The molecule has 0 heterocycles. The largest absolute Gasteiger partial charge is 0.379 e. The Kier molecular flexibility index (Phi) is 36.6. The molecule has 0 fully saturated rings. The molecule has 0 N–H and O–H groups in total. The Balaban J connectivity index is -0.000000394. The summed E-state index contributed by atoms with van der Waals surface area (Å²) in [6, 6.07) is 0. The number of hydrogen-bond acceptors (Lipinski definition) is 4. The molecule has 0 aliphatic rings. The van der Waals surface area contributed by atoms with Gasteiger partial charge in [-0.15, -0.1) is 0 Å². The van der Waals surface area contributed by atoms with Crippen LogP contribution in [0.4, 0.5) is 0 Å². The normalized spacial score (nSPS) is 10.8. The van der Waals surface area contributed by atoms with Crippen molar-refractivity contribution in [3.05, 3.63) is 0 Å². The summed E-state index contributed by atoms with van der Waals surface area (Å²) in [5, 5.41) is 0. The lowest BCUT2D eigenvalue weighted by Crippen LogP contribution is -2.06. The van der Waals surface area contributed by atoms with E-state index in [0.717, 1.165) is 96.3 Å². The van der Waals surface area contributed by atoms with Gasteiger partial charge in [-0.05, 0) is 43.4 Å². The van der Waals surface area contributed by atoms with Crippen molar-refractivity contribution in [2.45, 2.75) is 107 Å². The lowest BCUT2D eigenvalue weighted by atomic mass is 10.1. The summed E-state index contributed by atoms with van der Waals surface area (Å²) >= 11 is 0. The molecule has 0 aliphatic heterocycles. The van der Waals surface area contributed by atoms with Crippen LogP contribution in [0.1, 0.15) is 107 Å². The molecule has 0 rings (SSSR count). The lowest BCUT2D eigenvalue weighted by Gasteiger charge is -2.06. The summed E-state index contributed by atoms with van der Waals surface area (Å²) in [7, 11) is 0. The zero-order valence-electron chi connectivity index (χ0n) is 23.0. The molecule has 4 nitrogen and oxygen atoms in total. The first-order chi connectivity index (χ1) is 14.8. The molecular weight excluding hydrogens is 388 g/mol. The van der Waals surface area contributed by atoms with Gasteiger partial charge in [-0.3, -0.25) is 0 Å². The Labute approximate surface area is 197 Å². The van der Waals surface area contributed by atoms with E-state index in [4.69, 9.17) is 18.9 Å². The minimum absolute atomic E-state index is 0.738. The van der Waals surface area contributed by atoms with Crippen molar-refractivity contribution in [3.63, 3.8) is 0 Å². The molecule has 4 heteroatoms. The summed E-state index contributed by atoms with van der Waals surface area (Å²) in [6.07, 6.45) is 8.62. The molecule has 0 bridgehead atoms. The van der Waals surface area contributed by atoms with Crippen LogP contribution in [0, 0.1) is 17.8 Å². The number of unbranched alkanes of at least 4 members (excludes halogenated alkanes) is 1. The Morgan fingerprint density at radius 3 is 0.935 bits per heavy atom. The summed E-state index contributed by atoms with van der Waals surface area (Å²) < 4.78 is 21.3. The highest BCUT2D eigenvalue weighted by Gasteiger charge is 1.94. The van der Waals surface area contributed by atoms with Crippen LogP contribution in [0.5, 0.6) is 0 Å². The van der Waals surface area contributed by atoms with Gasteiger partial charge in [0.05, 0.1) is 26.4 Å². The van der Waals surface area contributed by atoms with Gasteiger partial charge in [-0.25, -0.2) is 0 Å². The third kappa shape index (κ3) is 48.5. The second kappa shape index (κ2) is 32.0. The first-order valence-corrected chi connectivity index (χ1v) is 13.1. The van der Waals surface area contributed by atoms with Crippen molar-refractivity contribution in [2.24, 2.45) is 17.8 Å². The molecule has 0 radical (unpaired) electrons. The van der Waals surface area contributed by atoms with Crippen LogP contribution in [-0.2, 0) is 18.9 Å². The van der Waals surface area contributed by atoms with Crippen LogP contribution in [-0.4, -0.2) is 52.9 Å². The summed E-state index contributed by atoms with van der Waals surface area (Å²) in [6.45, 7) is 26.2. The summed E-state index contributed by atoms with van der Waals surface area (Å²) in [5.41, 5.74) is 0. The number of ether oxygens (including phenoxy) is 4. The molecule has 0 saturated heterocycles. The molecule has 0 unspecified atom stereocenters. The Morgan fingerprint density at radius 2 is 0.710 bits per heavy atom. The van der Waals surface area contributed by atoms with Gasteiger partial charge in [-0.2, -0.15) is 0 Å². The highest BCUT2D eigenvalue weighted by molar-refractivity contribution is 4.43. The van der Waals surface area contributed by atoms with Crippen molar-refractivity contribution in [2.75, 3.05) is 52.9 Å². The molecule has 0 aromatic carbocycles. The van der Waals surface area contributed by atoms with Crippen molar-refractivity contribution < 1.29 is 18.9 Å². The summed E-state index contributed by atoms with van der Waals surface area (Å²) in [5.74, 6) is 2.38. The maximum atomic E-state index is 5.37. The molecule has 192 valence electrons. The molecule has 0 spiro atoms. The monoisotopic (exact) mass is 448 g/mol. The third-order valence-corrected chi connectivity index (χ3v) is 4.26. The van der Waals surface area contributed by atoms with E-state index in [2.05, 4.69) is 62.3 Å².